The Labute approximate surface area is 242 Å². The number of aromatic amines is 1. The van der Waals surface area contributed by atoms with Crippen molar-refractivity contribution in [1.82, 2.24) is 25.1 Å². The van der Waals surface area contributed by atoms with E-state index in [9.17, 15) is 19.5 Å². The summed E-state index contributed by atoms with van der Waals surface area (Å²) in [4.78, 5) is 49.1. The van der Waals surface area contributed by atoms with Crippen LogP contribution in [0, 0.1) is 13.8 Å². The van der Waals surface area contributed by atoms with Gasteiger partial charge in [0.25, 0.3) is 5.91 Å². The molecular weight excluding hydrogens is 518 g/mol. The number of amides is 2. The summed E-state index contributed by atoms with van der Waals surface area (Å²) >= 11 is 0. The lowest BCUT2D eigenvalue weighted by Crippen LogP contribution is -2.37. The van der Waals surface area contributed by atoms with Crippen LogP contribution in [0.3, 0.4) is 0 Å². The Bertz CT molecular complexity index is 1350. The zero-order valence-electron chi connectivity index (χ0n) is 24.5. The van der Waals surface area contributed by atoms with Crippen LogP contribution in [0.4, 0.5) is 0 Å². The van der Waals surface area contributed by atoms with E-state index in [2.05, 4.69) is 22.2 Å². The molecule has 2 amide bonds. The number of imidazole rings is 1. The highest BCUT2D eigenvalue weighted by atomic mass is 16.3. The minimum atomic E-state index is -0.415. The predicted octanol–water partition coefficient (Wildman–Crippen LogP) is 4.33. The van der Waals surface area contributed by atoms with Crippen molar-refractivity contribution in [1.29, 1.82) is 0 Å². The predicted molar refractivity (Wildman–Crippen MR) is 160 cm³/mol. The zero-order chi connectivity index (χ0) is 29.4. The van der Waals surface area contributed by atoms with Gasteiger partial charge in [-0.1, -0.05) is 12.1 Å². The topological polar surface area (TPSA) is 119 Å². The highest BCUT2D eigenvalue weighted by Gasteiger charge is 2.28. The number of likely N-dealkylation sites (tertiary alicyclic amines) is 2. The van der Waals surface area contributed by atoms with Gasteiger partial charge in [0.05, 0.1) is 29.7 Å². The number of benzene rings is 2. The highest BCUT2D eigenvalue weighted by Crippen LogP contribution is 2.24. The first-order valence-electron chi connectivity index (χ1n) is 14.7. The van der Waals surface area contributed by atoms with Crippen molar-refractivity contribution in [3.8, 4) is 0 Å². The molecule has 3 aromatic rings. The van der Waals surface area contributed by atoms with E-state index in [-0.39, 0.29) is 24.5 Å². The number of aromatic nitrogens is 2. The third-order valence-electron chi connectivity index (χ3n) is 8.07. The van der Waals surface area contributed by atoms with Gasteiger partial charge in [-0.2, -0.15) is 0 Å². The van der Waals surface area contributed by atoms with Crippen LogP contribution >= 0.6 is 0 Å². The average molecular weight is 562 g/mol. The van der Waals surface area contributed by atoms with Crippen molar-refractivity contribution in [2.24, 2.45) is 0 Å². The Morgan fingerprint density at radius 2 is 1.90 bits per heavy atom. The van der Waals surface area contributed by atoms with E-state index < -0.39 is 6.04 Å². The fourth-order valence-corrected chi connectivity index (χ4v) is 5.61. The highest BCUT2D eigenvalue weighted by molar-refractivity contribution is 5.95. The van der Waals surface area contributed by atoms with Crippen LogP contribution < -0.4 is 5.32 Å². The molecule has 2 saturated heterocycles. The van der Waals surface area contributed by atoms with Gasteiger partial charge in [-0.15, -0.1) is 0 Å². The van der Waals surface area contributed by atoms with Crippen LogP contribution in [0.5, 0.6) is 0 Å². The fraction of sp³-hybridized carbons (Fsp3) is 0.500. The number of fused-ring (bicyclic) bond motifs is 1. The zero-order valence-corrected chi connectivity index (χ0v) is 24.5. The first-order chi connectivity index (χ1) is 19.8. The molecule has 0 spiro atoms. The monoisotopic (exact) mass is 561 g/mol. The number of hydrogen-bond donors (Lipinski definition) is 3. The molecule has 2 aliphatic heterocycles. The van der Waals surface area contributed by atoms with Crippen molar-refractivity contribution in [2.75, 3.05) is 33.3 Å². The molecule has 9 heteroatoms. The molecule has 5 rings (SSSR count). The van der Waals surface area contributed by atoms with Crippen LogP contribution in [0.25, 0.3) is 11.0 Å². The SMILES string of the molecule is CN1CCCC1.Cc1ccc2nc(C(CCCC(=O)N3CCC[C@@H]3CO)NC(=O)c3ccc(C=O)c(C)c3)[nH]c2c1. The minimum Gasteiger partial charge on any atom is -0.394 e. The Morgan fingerprint density at radius 1 is 1.12 bits per heavy atom. The van der Waals surface area contributed by atoms with Crippen molar-refractivity contribution in [2.45, 2.75) is 70.9 Å². The molecule has 3 heterocycles. The van der Waals surface area contributed by atoms with Crippen molar-refractivity contribution in [3.63, 3.8) is 0 Å². The Hall–Kier alpha value is -3.56. The quantitative estimate of drug-likeness (QED) is 0.335. The summed E-state index contributed by atoms with van der Waals surface area (Å²) < 4.78 is 0. The summed E-state index contributed by atoms with van der Waals surface area (Å²) in [5.41, 5.74) is 4.56. The molecule has 41 heavy (non-hydrogen) atoms. The number of aliphatic hydroxyl groups is 1. The number of rotatable bonds is 9. The molecule has 2 fully saturated rings. The molecule has 220 valence electrons. The van der Waals surface area contributed by atoms with Crippen LogP contribution in [0.15, 0.2) is 36.4 Å². The van der Waals surface area contributed by atoms with Gasteiger partial charge in [0, 0.05) is 24.1 Å². The molecular formula is C32H43N5O4. The largest absolute Gasteiger partial charge is 0.394 e. The molecule has 1 aromatic heterocycles. The maximum Gasteiger partial charge on any atom is 0.251 e. The number of hydrogen-bond acceptors (Lipinski definition) is 6. The summed E-state index contributed by atoms with van der Waals surface area (Å²) in [6.45, 7) is 7.12. The summed E-state index contributed by atoms with van der Waals surface area (Å²) in [5, 5.41) is 12.6. The molecule has 0 radical (unpaired) electrons. The van der Waals surface area contributed by atoms with Gasteiger partial charge in [-0.25, -0.2) is 4.98 Å². The van der Waals surface area contributed by atoms with E-state index in [1.54, 1.807) is 30.0 Å². The first kappa shape index (κ1) is 30.4. The van der Waals surface area contributed by atoms with E-state index in [0.717, 1.165) is 41.3 Å². The van der Waals surface area contributed by atoms with Gasteiger partial charge in [0.1, 0.15) is 12.1 Å². The lowest BCUT2D eigenvalue weighted by Gasteiger charge is -2.23. The van der Waals surface area contributed by atoms with Gasteiger partial charge < -0.3 is 25.2 Å². The summed E-state index contributed by atoms with van der Waals surface area (Å²) in [5.74, 6) is 0.410. The van der Waals surface area contributed by atoms with Gasteiger partial charge in [0.2, 0.25) is 5.91 Å². The van der Waals surface area contributed by atoms with Crippen molar-refractivity contribution in [3.05, 3.63) is 64.5 Å². The first-order valence-corrected chi connectivity index (χ1v) is 14.7. The number of aryl methyl sites for hydroxylation is 2. The number of nitrogens with one attached hydrogen (secondary N) is 2. The Balaban J connectivity index is 0.000000572. The smallest absolute Gasteiger partial charge is 0.251 e. The van der Waals surface area contributed by atoms with Crippen molar-refractivity contribution < 1.29 is 19.5 Å². The normalized spacial score (nSPS) is 17.8. The van der Waals surface area contributed by atoms with Gasteiger partial charge in [0.15, 0.2) is 0 Å². The molecule has 2 aliphatic rings. The van der Waals surface area contributed by atoms with Gasteiger partial charge >= 0.3 is 0 Å². The van der Waals surface area contributed by atoms with Crippen LogP contribution in [-0.2, 0) is 4.79 Å². The number of aliphatic hydroxyl groups excluding tert-OH is 1. The maximum atomic E-state index is 13.1. The third kappa shape index (κ3) is 8.01. The lowest BCUT2D eigenvalue weighted by atomic mass is 10.0. The second kappa shape index (κ2) is 14.4. The maximum absolute atomic E-state index is 13.1. The molecule has 3 N–H and O–H groups in total. The van der Waals surface area contributed by atoms with Crippen LogP contribution in [-0.4, -0.2) is 82.3 Å². The van der Waals surface area contributed by atoms with E-state index in [4.69, 9.17) is 4.98 Å². The number of H-pyrrole nitrogens is 1. The molecule has 0 aliphatic carbocycles. The second-order valence-corrected chi connectivity index (χ2v) is 11.3. The van der Waals surface area contributed by atoms with Gasteiger partial charge in [-0.05, 0) is 108 Å². The fourth-order valence-electron chi connectivity index (χ4n) is 5.61. The molecule has 1 unspecified atom stereocenters. The lowest BCUT2D eigenvalue weighted by molar-refractivity contribution is -0.132. The minimum absolute atomic E-state index is 0.00880. The third-order valence-corrected chi connectivity index (χ3v) is 8.07. The number of carbonyl (C=O) groups is 3. The summed E-state index contributed by atoms with van der Waals surface area (Å²) in [6, 6.07) is 10.4. The summed E-state index contributed by atoms with van der Waals surface area (Å²) in [6.07, 6.45) is 6.78. The average Bonchev–Trinajstić information content (AvgIpc) is 3.73. The van der Waals surface area contributed by atoms with Crippen LogP contribution in [0.1, 0.15) is 88.7 Å². The standard InChI is InChI=1S/C27H32N4O4.C5H11N/c1-17-8-11-22-24(13-17)29-26(28-22)23(6-3-7-25(34)31-12-4-5-21(31)16-33)30-27(35)19-9-10-20(15-32)18(2)14-19;1-6-4-2-3-5-6/h8-11,13-15,21,23,33H,3-7,12,16H2,1-2H3,(H,28,29)(H,30,35);2-5H2,1H3/t21-,23?;/m1./s1. The number of carbonyl (C=O) groups excluding carboxylic acids is 3. The molecule has 0 saturated carbocycles. The molecule has 9 nitrogen and oxygen atoms in total. The Morgan fingerprint density at radius 3 is 2.56 bits per heavy atom. The number of nitrogens with zero attached hydrogens (tertiary/aromatic N) is 3. The van der Waals surface area contributed by atoms with E-state index >= 15 is 0 Å². The Kier molecular flexibility index (Phi) is 10.7. The second-order valence-electron chi connectivity index (χ2n) is 11.3. The van der Waals surface area contributed by atoms with E-state index in [1.165, 1.54) is 25.9 Å². The summed E-state index contributed by atoms with van der Waals surface area (Å²) in [7, 11) is 2.17. The van der Waals surface area contributed by atoms with Gasteiger partial charge in [-0.3, -0.25) is 14.4 Å². The molecule has 2 atom stereocenters. The van der Waals surface area contributed by atoms with Crippen molar-refractivity contribution >= 4 is 29.1 Å². The molecule has 0 bridgehead atoms. The molecule has 2 aromatic carbocycles. The van der Waals surface area contributed by atoms with E-state index in [0.29, 0.717) is 42.8 Å². The van der Waals surface area contributed by atoms with Crippen LogP contribution in [0.2, 0.25) is 0 Å². The van der Waals surface area contributed by atoms with E-state index in [1.807, 2.05) is 25.1 Å². The number of aldehydes is 1.